The predicted molar refractivity (Wildman–Crippen MR) is 112 cm³/mol. The van der Waals surface area contributed by atoms with Crippen molar-refractivity contribution in [1.29, 1.82) is 5.26 Å². The number of aliphatic hydroxyl groups excluding tert-OH is 1. The van der Waals surface area contributed by atoms with E-state index in [1.807, 2.05) is 6.07 Å². The van der Waals surface area contributed by atoms with Gasteiger partial charge in [0.1, 0.15) is 5.82 Å². The first kappa shape index (κ1) is 23.2. The number of benzene rings is 3. The fourth-order valence-electron chi connectivity index (χ4n) is 3.56. The van der Waals surface area contributed by atoms with E-state index in [9.17, 15) is 35.9 Å². The summed E-state index contributed by atoms with van der Waals surface area (Å²) in [6.45, 7) is 0. The molecule has 0 aliphatic carbocycles. The van der Waals surface area contributed by atoms with Crippen molar-refractivity contribution in [2.45, 2.75) is 17.3 Å². The lowest BCUT2D eigenvalue weighted by Gasteiger charge is -2.21. The largest absolute Gasteiger partial charge is 0.419 e. The van der Waals surface area contributed by atoms with Crippen LogP contribution in [0, 0.1) is 17.1 Å². The molecule has 0 saturated carbocycles. The lowest BCUT2D eigenvalue weighted by atomic mass is 10.1. The van der Waals surface area contributed by atoms with Gasteiger partial charge in [0.2, 0.25) is 0 Å². The van der Waals surface area contributed by atoms with Gasteiger partial charge < -0.3 is 5.11 Å². The van der Waals surface area contributed by atoms with Crippen molar-refractivity contribution in [2.75, 3.05) is 9.62 Å². The molecule has 0 bridgehead atoms. The third kappa shape index (κ3) is 3.95. The van der Waals surface area contributed by atoms with Crippen LogP contribution in [0.3, 0.4) is 0 Å². The van der Waals surface area contributed by atoms with Gasteiger partial charge >= 0.3 is 6.18 Å². The summed E-state index contributed by atoms with van der Waals surface area (Å²) >= 11 is 0. The van der Waals surface area contributed by atoms with Gasteiger partial charge in [-0.15, -0.1) is 0 Å². The van der Waals surface area contributed by atoms with Crippen LogP contribution in [0.4, 0.5) is 28.9 Å². The molecule has 0 radical (unpaired) electrons. The summed E-state index contributed by atoms with van der Waals surface area (Å²) < 4.78 is 80.3. The second-order valence-corrected chi connectivity index (χ2v) is 8.91. The topological polar surface area (TPSA) is 111 Å². The lowest BCUT2D eigenvalue weighted by molar-refractivity contribution is -0.140. The Morgan fingerprint density at radius 2 is 1.76 bits per heavy atom. The number of aliphatic hydroxyl groups is 1. The van der Waals surface area contributed by atoms with Gasteiger partial charge in [0.15, 0.2) is 6.23 Å². The number of fused-ring (bicyclic) bond motifs is 1. The Labute approximate surface area is 190 Å². The number of nitriles is 1. The molecule has 0 fully saturated rings. The summed E-state index contributed by atoms with van der Waals surface area (Å²) in [5.41, 5.74) is -1.84. The highest BCUT2D eigenvalue weighted by molar-refractivity contribution is 7.92. The average molecular weight is 491 g/mol. The maximum Gasteiger partial charge on any atom is 0.419 e. The van der Waals surface area contributed by atoms with Crippen molar-refractivity contribution in [1.82, 2.24) is 0 Å². The summed E-state index contributed by atoms with van der Waals surface area (Å²) in [7, 11) is -4.68. The number of anilines is 2. The maximum absolute atomic E-state index is 13.6. The molecule has 2 N–H and O–H groups in total. The van der Waals surface area contributed by atoms with Crippen LogP contribution in [0.15, 0.2) is 65.6 Å². The quantitative estimate of drug-likeness (QED) is 0.533. The van der Waals surface area contributed by atoms with Crippen molar-refractivity contribution >= 4 is 27.3 Å². The van der Waals surface area contributed by atoms with Crippen LogP contribution >= 0.6 is 0 Å². The van der Waals surface area contributed by atoms with Crippen LogP contribution in [0.1, 0.15) is 33.3 Å². The van der Waals surface area contributed by atoms with E-state index < -0.39 is 44.6 Å². The Hall–Kier alpha value is -3.95. The molecular weight excluding hydrogens is 478 g/mol. The van der Waals surface area contributed by atoms with E-state index in [0.29, 0.717) is 12.1 Å². The summed E-state index contributed by atoms with van der Waals surface area (Å²) in [5.74, 6) is -2.44. The molecule has 3 aromatic rings. The highest BCUT2D eigenvalue weighted by Gasteiger charge is 2.40. The second-order valence-electron chi connectivity index (χ2n) is 7.23. The third-order valence-electron chi connectivity index (χ3n) is 5.10. The molecule has 1 unspecified atom stereocenters. The summed E-state index contributed by atoms with van der Waals surface area (Å²) in [6, 6.07) is 12.8. The van der Waals surface area contributed by atoms with Crippen LogP contribution < -0.4 is 9.62 Å². The van der Waals surface area contributed by atoms with Gasteiger partial charge in [-0.3, -0.25) is 14.4 Å². The molecule has 1 aliphatic rings. The highest BCUT2D eigenvalue weighted by Crippen LogP contribution is 2.40. The van der Waals surface area contributed by atoms with E-state index in [2.05, 4.69) is 4.72 Å². The van der Waals surface area contributed by atoms with Crippen LogP contribution in [-0.4, -0.2) is 19.4 Å². The minimum Gasteiger partial charge on any atom is -0.369 e. The number of hydrogen-bond donors (Lipinski definition) is 2. The number of nitrogens with zero attached hydrogens (tertiary/aromatic N) is 2. The van der Waals surface area contributed by atoms with Gasteiger partial charge in [0.05, 0.1) is 33.3 Å². The first-order valence-electron chi connectivity index (χ1n) is 9.48. The zero-order valence-corrected chi connectivity index (χ0v) is 17.7. The molecule has 0 saturated heterocycles. The van der Waals surface area contributed by atoms with Gasteiger partial charge in [-0.25, -0.2) is 12.8 Å². The smallest absolute Gasteiger partial charge is 0.369 e. The standard InChI is InChI=1S/C22H13F4N3O4S/c23-17-8-7-14(10-16(17)22(24,25)26)34(32,33)28-18-6-2-5-15-19(18)21(31)29(20(15)30)13-4-1-3-12(9-13)11-27/h1-10,20,28,30H. The molecule has 174 valence electrons. The number of carbonyl (C=O) groups excluding carboxylic acids is 1. The monoisotopic (exact) mass is 491 g/mol. The SMILES string of the molecule is N#Cc1cccc(N2C(=O)c3c(NS(=O)(=O)c4ccc(F)c(C(F)(F)F)c4)cccc3C2O)c1. The molecule has 12 heteroatoms. The maximum atomic E-state index is 13.6. The molecule has 0 aromatic heterocycles. The summed E-state index contributed by atoms with van der Waals surface area (Å²) in [6.07, 6.45) is -6.63. The number of nitrogens with one attached hydrogen (secondary N) is 1. The van der Waals surface area contributed by atoms with Crippen molar-refractivity contribution < 1.29 is 35.9 Å². The Morgan fingerprint density at radius 1 is 1.06 bits per heavy atom. The second kappa shape index (κ2) is 8.12. The minimum atomic E-state index is -5.12. The average Bonchev–Trinajstić information content (AvgIpc) is 3.03. The zero-order chi connectivity index (χ0) is 24.8. The third-order valence-corrected chi connectivity index (χ3v) is 6.47. The Morgan fingerprint density at radius 3 is 2.44 bits per heavy atom. The van der Waals surface area contributed by atoms with Gasteiger partial charge in [-0.1, -0.05) is 18.2 Å². The van der Waals surface area contributed by atoms with Gasteiger partial charge in [-0.05, 0) is 42.5 Å². The highest BCUT2D eigenvalue weighted by atomic mass is 32.2. The first-order valence-corrected chi connectivity index (χ1v) is 11.0. The molecule has 3 aromatic carbocycles. The van der Waals surface area contributed by atoms with Crippen molar-refractivity contribution in [3.05, 3.63) is 88.7 Å². The molecule has 7 nitrogen and oxygen atoms in total. The van der Waals surface area contributed by atoms with E-state index in [0.717, 1.165) is 4.90 Å². The van der Waals surface area contributed by atoms with E-state index in [1.54, 1.807) is 0 Å². The fourth-order valence-corrected chi connectivity index (χ4v) is 4.65. The van der Waals surface area contributed by atoms with Crippen molar-refractivity contribution in [3.8, 4) is 6.07 Å². The predicted octanol–water partition coefficient (Wildman–Crippen LogP) is 4.17. The number of hydrogen-bond acceptors (Lipinski definition) is 5. The van der Waals surface area contributed by atoms with Crippen molar-refractivity contribution in [3.63, 3.8) is 0 Å². The van der Waals surface area contributed by atoms with Gasteiger partial charge in [-0.2, -0.15) is 18.4 Å². The first-order chi connectivity index (χ1) is 15.9. The molecule has 4 rings (SSSR count). The molecule has 1 amide bonds. The van der Waals surface area contributed by atoms with Crippen LogP contribution in [0.25, 0.3) is 0 Å². The number of carbonyl (C=O) groups is 1. The number of alkyl halides is 3. The Bertz CT molecular complexity index is 1470. The normalized spacial score (nSPS) is 15.7. The summed E-state index contributed by atoms with van der Waals surface area (Å²) in [4.78, 5) is 13.2. The molecule has 1 heterocycles. The molecule has 1 atom stereocenters. The van der Waals surface area contributed by atoms with Crippen LogP contribution in [0.5, 0.6) is 0 Å². The van der Waals surface area contributed by atoms with Gasteiger partial charge in [0, 0.05) is 11.3 Å². The fraction of sp³-hybridized carbons (Fsp3) is 0.0909. The molecular formula is C22H13F4N3O4S. The number of halogens is 4. The number of rotatable bonds is 4. The van der Waals surface area contributed by atoms with E-state index in [-0.39, 0.29) is 34.1 Å². The Balaban J connectivity index is 1.74. The van der Waals surface area contributed by atoms with Gasteiger partial charge in [0.25, 0.3) is 15.9 Å². The van der Waals surface area contributed by atoms with E-state index >= 15 is 0 Å². The Kier molecular flexibility index (Phi) is 5.55. The zero-order valence-electron chi connectivity index (χ0n) is 16.8. The lowest BCUT2D eigenvalue weighted by Crippen LogP contribution is -2.28. The minimum absolute atomic E-state index is 0.0441. The van der Waals surface area contributed by atoms with Crippen molar-refractivity contribution in [2.24, 2.45) is 0 Å². The summed E-state index contributed by atoms with van der Waals surface area (Å²) in [5, 5.41) is 19.8. The molecule has 0 spiro atoms. The number of amides is 1. The molecule has 1 aliphatic heterocycles. The van der Waals surface area contributed by atoms with E-state index in [4.69, 9.17) is 5.26 Å². The van der Waals surface area contributed by atoms with Crippen LogP contribution in [-0.2, 0) is 16.2 Å². The number of sulfonamides is 1. The van der Waals surface area contributed by atoms with Crippen LogP contribution in [0.2, 0.25) is 0 Å². The molecule has 34 heavy (non-hydrogen) atoms. The van der Waals surface area contributed by atoms with E-state index in [1.165, 1.54) is 42.5 Å².